The summed E-state index contributed by atoms with van der Waals surface area (Å²) in [7, 11) is 0. The maximum atomic E-state index is 14.7. The van der Waals surface area contributed by atoms with Gasteiger partial charge in [0.25, 0.3) is 0 Å². The van der Waals surface area contributed by atoms with E-state index in [0.717, 1.165) is 47.8 Å². The highest BCUT2D eigenvalue weighted by Gasteiger charge is 2.21. The molecule has 1 fully saturated rings. The summed E-state index contributed by atoms with van der Waals surface area (Å²) in [5.41, 5.74) is 2.77. The van der Waals surface area contributed by atoms with E-state index in [1.165, 1.54) is 64.2 Å². The largest absolute Gasteiger partial charge is 0.236 e. The van der Waals surface area contributed by atoms with E-state index >= 15 is 0 Å². The minimum absolute atomic E-state index is 0.111. The van der Waals surface area contributed by atoms with Crippen molar-refractivity contribution in [2.75, 3.05) is 0 Å². The van der Waals surface area contributed by atoms with Gasteiger partial charge in [0.05, 0.1) is 0 Å². The molecule has 0 spiro atoms. The van der Waals surface area contributed by atoms with Gasteiger partial charge in [-0.25, -0.2) is 14.4 Å². The van der Waals surface area contributed by atoms with Gasteiger partial charge in [0, 0.05) is 18.0 Å². The average Bonchev–Trinajstić information content (AvgIpc) is 2.78. The van der Waals surface area contributed by atoms with Crippen LogP contribution in [0.3, 0.4) is 0 Å². The molecule has 1 saturated carbocycles. The molecule has 1 aliphatic carbocycles. The van der Waals surface area contributed by atoms with Crippen molar-refractivity contribution in [3.8, 4) is 11.4 Å². The molecular formula is C27H39FN2. The maximum Gasteiger partial charge on any atom is 0.159 e. The summed E-state index contributed by atoms with van der Waals surface area (Å²) < 4.78 is 14.7. The van der Waals surface area contributed by atoms with Crippen LogP contribution in [0.25, 0.3) is 11.4 Å². The van der Waals surface area contributed by atoms with Crippen LogP contribution < -0.4 is 0 Å². The van der Waals surface area contributed by atoms with Gasteiger partial charge in [0.15, 0.2) is 5.82 Å². The van der Waals surface area contributed by atoms with E-state index in [1.54, 1.807) is 6.07 Å². The minimum atomic E-state index is -0.111. The number of unbranched alkanes of at least 4 members (excludes halogenated alkanes) is 3. The fourth-order valence-electron chi connectivity index (χ4n) is 4.76. The van der Waals surface area contributed by atoms with Crippen LogP contribution in [0.5, 0.6) is 0 Å². The predicted octanol–water partition coefficient (Wildman–Crippen LogP) is 7.94. The molecule has 1 aliphatic rings. The molecule has 0 N–H and O–H groups in total. The highest BCUT2D eigenvalue weighted by Crippen LogP contribution is 2.34. The van der Waals surface area contributed by atoms with Crippen molar-refractivity contribution in [2.45, 2.75) is 97.3 Å². The number of nitrogens with zero attached hydrogens (tertiary/aromatic N) is 2. The predicted molar refractivity (Wildman–Crippen MR) is 124 cm³/mol. The third-order valence-corrected chi connectivity index (χ3v) is 6.84. The fourth-order valence-corrected chi connectivity index (χ4v) is 4.76. The van der Waals surface area contributed by atoms with Crippen molar-refractivity contribution >= 4 is 0 Å². The van der Waals surface area contributed by atoms with E-state index in [9.17, 15) is 4.39 Å². The summed E-state index contributed by atoms with van der Waals surface area (Å²) in [4.78, 5) is 8.94. The van der Waals surface area contributed by atoms with E-state index < -0.39 is 0 Å². The number of benzene rings is 1. The Balaban J connectivity index is 1.49. The lowest BCUT2D eigenvalue weighted by Crippen LogP contribution is -2.15. The topological polar surface area (TPSA) is 25.8 Å². The Hall–Kier alpha value is -1.77. The molecule has 1 aromatic heterocycles. The van der Waals surface area contributed by atoms with Gasteiger partial charge >= 0.3 is 0 Å². The molecule has 3 heteroatoms. The molecule has 0 amide bonds. The minimum Gasteiger partial charge on any atom is -0.236 e. The molecule has 30 heavy (non-hydrogen) atoms. The van der Waals surface area contributed by atoms with E-state index in [4.69, 9.17) is 0 Å². The molecule has 0 atom stereocenters. The fraction of sp³-hybridized carbons (Fsp3) is 0.630. The van der Waals surface area contributed by atoms with Gasteiger partial charge in [-0.05, 0) is 54.7 Å². The first-order chi connectivity index (χ1) is 14.7. The Morgan fingerprint density at radius 1 is 0.833 bits per heavy atom. The second-order valence-corrected chi connectivity index (χ2v) is 9.25. The van der Waals surface area contributed by atoms with E-state index in [1.807, 2.05) is 24.5 Å². The number of halogens is 1. The number of rotatable bonds is 11. The number of hydrogen-bond acceptors (Lipinski definition) is 2. The van der Waals surface area contributed by atoms with Crippen LogP contribution in [-0.4, -0.2) is 9.97 Å². The summed E-state index contributed by atoms with van der Waals surface area (Å²) in [6, 6.07) is 5.53. The van der Waals surface area contributed by atoms with Gasteiger partial charge in [-0.15, -0.1) is 0 Å². The Morgan fingerprint density at radius 3 is 2.13 bits per heavy atom. The smallest absolute Gasteiger partial charge is 0.159 e. The van der Waals surface area contributed by atoms with Crippen LogP contribution >= 0.6 is 0 Å². The van der Waals surface area contributed by atoms with E-state index in [0.29, 0.717) is 5.82 Å². The molecule has 2 nitrogen and oxygen atoms in total. The quantitative estimate of drug-likeness (QED) is 0.351. The van der Waals surface area contributed by atoms with Gasteiger partial charge < -0.3 is 0 Å². The summed E-state index contributed by atoms with van der Waals surface area (Å²) in [6.07, 6.45) is 19.8. The van der Waals surface area contributed by atoms with Crippen molar-refractivity contribution in [2.24, 2.45) is 11.8 Å². The van der Waals surface area contributed by atoms with Gasteiger partial charge in [-0.3, -0.25) is 0 Å². The molecule has 0 unspecified atom stereocenters. The average molecular weight is 411 g/mol. The molecule has 3 rings (SSSR count). The lowest BCUT2D eigenvalue weighted by Gasteiger charge is -2.28. The summed E-state index contributed by atoms with van der Waals surface area (Å²) in [6.45, 7) is 4.48. The van der Waals surface area contributed by atoms with Gasteiger partial charge in [-0.1, -0.05) is 83.8 Å². The van der Waals surface area contributed by atoms with Crippen LogP contribution in [-0.2, 0) is 12.8 Å². The Kier molecular flexibility index (Phi) is 9.29. The highest BCUT2D eigenvalue weighted by atomic mass is 19.1. The number of aryl methyl sites for hydroxylation is 2. The molecule has 0 aliphatic heterocycles. The normalized spacial score (nSPS) is 19.2. The second-order valence-electron chi connectivity index (χ2n) is 9.25. The second kappa shape index (κ2) is 12.2. The van der Waals surface area contributed by atoms with Crippen LogP contribution in [0.15, 0.2) is 30.6 Å². The van der Waals surface area contributed by atoms with Gasteiger partial charge in [0.2, 0.25) is 0 Å². The van der Waals surface area contributed by atoms with Crippen LogP contribution in [0.2, 0.25) is 0 Å². The Morgan fingerprint density at radius 2 is 1.50 bits per heavy atom. The molecule has 2 aromatic rings. The van der Waals surface area contributed by atoms with E-state index in [2.05, 4.69) is 23.8 Å². The Bertz CT molecular complexity index is 748. The summed E-state index contributed by atoms with van der Waals surface area (Å²) >= 11 is 0. The van der Waals surface area contributed by atoms with Crippen molar-refractivity contribution in [1.29, 1.82) is 0 Å². The molecule has 0 radical (unpaired) electrons. The lowest BCUT2D eigenvalue weighted by atomic mass is 9.78. The molecule has 164 valence electrons. The summed E-state index contributed by atoms with van der Waals surface area (Å²) in [5, 5.41) is 0. The van der Waals surface area contributed by atoms with Crippen molar-refractivity contribution in [3.05, 3.63) is 47.5 Å². The Labute approximate surface area is 182 Å². The van der Waals surface area contributed by atoms with Crippen LogP contribution in [0.4, 0.5) is 4.39 Å². The lowest BCUT2D eigenvalue weighted by molar-refractivity contribution is 0.249. The zero-order valence-corrected chi connectivity index (χ0v) is 19.0. The standard InChI is InChI=1S/C27H39FN2/c1-3-5-7-9-23-19-29-27(30-20-23)25-17-16-24(26(28)18-25)15-14-22-12-10-21(11-13-22)8-6-4-2/h16-22H,3-15H2,1-2H3. The molecule has 1 heterocycles. The zero-order chi connectivity index (χ0) is 21.2. The van der Waals surface area contributed by atoms with Gasteiger partial charge in [-0.2, -0.15) is 0 Å². The van der Waals surface area contributed by atoms with Crippen molar-refractivity contribution < 1.29 is 4.39 Å². The highest BCUT2D eigenvalue weighted by molar-refractivity contribution is 5.55. The first kappa shape index (κ1) is 22.9. The van der Waals surface area contributed by atoms with Crippen molar-refractivity contribution in [1.82, 2.24) is 9.97 Å². The van der Waals surface area contributed by atoms with Crippen molar-refractivity contribution in [3.63, 3.8) is 0 Å². The zero-order valence-electron chi connectivity index (χ0n) is 19.0. The van der Waals surface area contributed by atoms with Crippen LogP contribution in [0.1, 0.15) is 95.6 Å². The number of hydrogen-bond donors (Lipinski definition) is 0. The first-order valence-electron chi connectivity index (χ1n) is 12.3. The number of aromatic nitrogens is 2. The molecule has 1 aromatic carbocycles. The monoisotopic (exact) mass is 410 g/mol. The molecule has 0 saturated heterocycles. The third kappa shape index (κ3) is 6.89. The molecular weight excluding hydrogens is 371 g/mol. The third-order valence-electron chi connectivity index (χ3n) is 6.84. The van der Waals surface area contributed by atoms with Gasteiger partial charge in [0.1, 0.15) is 5.82 Å². The molecule has 0 bridgehead atoms. The summed E-state index contributed by atoms with van der Waals surface area (Å²) in [5.74, 6) is 2.21. The van der Waals surface area contributed by atoms with E-state index in [-0.39, 0.29) is 5.82 Å². The SMILES string of the molecule is CCCCCc1cnc(-c2ccc(CCC3CCC(CCCC)CC3)c(F)c2)nc1. The maximum absolute atomic E-state index is 14.7. The van der Waals surface area contributed by atoms with Crippen LogP contribution in [0, 0.1) is 17.7 Å². The first-order valence-corrected chi connectivity index (χ1v) is 12.3.